The number of nitrogens with one attached hydrogen (secondary N) is 1. The van der Waals surface area contributed by atoms with Gasteiger partial charge in [-0.15, -0.1) is 0 Å². The Morgan fingerprint density at radius 2 is 1.93 bits per heavy atom. The second kappa shape index (κ2) is 9.37. The molecule has 2 aromatic carbocycles. The lowest BCUT2D eigenvalue weighted by molar-refractivity contribution is -0.122. The molecule has 0 saturated carbocycles. The van der Waals surface area contributed by atoms with Crippen LogP contribution in [-0.4, -0.2) is 27.6 Å². The van der Waals surface area contributed by atoms with Gasteiger partial charge in [-0.1, -0.05) is 77.5 Å². The standard InChI is InChI=1S/C21H19ClN2O2S2/c1-14-8-10-15(11-9-14)13-18-20(26)24(21(27)28-18)12-4-7-19(25)23-17-6-3-2-5-16(17)22/h2-3,5-6,8-11,13H,4,7,12H2,1H3,(H,23,25)/b18-13-. The van der Waals surface area contributed by atoms with E-state index in [0.29, 0.717) is 32.9 Å². The number of thioether (sulfide) groups is 1. The molecule has 1 saturated heterocycles. The van der Waals surface area contributed by atoms with Crippen molar-refractivity contribution in [2.45, 2.75) is 19.8 Å². The van der Waals surface area contributed by atoms with Crippen LogP contribution < -0.4 is 5.32 Å². The summed E-state index contributed by atoms with van der Waals surface area (Å²) in [5, 5.41) is 3.27. The van der Waals surface area contributed by atoms with Crippen molar-refractivity contribution >= 4 is 63.5 Å². The summed E-state index contributed by atoms with van der Waals surface area (Å²) < 4.78 is 0.523. The number of rotatable bonds is 6. The number of para-hydroxylation sites is 1. The molecule has 144 valence electrons. The lowest BCUT2D eigenvalue weighted by Crippen LogP contribution is -2.29. The summed E-state index contributed by atoms with van der Waals surface area (Å²) in [6, 6.07) is 15.0. The number of halogens is 1. The molecule has 7 heteroatoms. The molecule has 1 heterocycles. The number of aryl methyl sites for hydroxylation is 1. The van der Waals surface area contributed by atoms with E-state index in [4.69, 9.17) is 23.8 Å². The molecular formula is C21H19ClN2O2S2. The van der Waals surface area contributed by atoms with E-state index in [0.717, 1.165) is 5.56 Å². The van der Waals surface area contributed by atoms with Gasteiger partial charge in [0.25, 0.3) is 5.91 Å². The molecule has 0 bridgehead atoms. The van der Waals surface area contributed by atoms with Crippen molar-refractivity contribution in [2.75, 3.05) is 11.9 Å². The first kappa shape index (κ1) is 20.6. The van der Waals surface area contributed by atoms with Crippen molar-refractivity contribution in [1.29, 1.82) is 0 Å². The molecule has 0 aromatic heterocycles. The van der Waals surface area contributed by atoms with Crippen LogP contribution in [0.3, 0.4) is 0 Å². The Kier molecular flexibility index (Phi) is 6.88. The van der Waals surface area contributed by atoms with Gasteiger partial charge >= 0.3 is 0 Å². The number of anilines is 1. The maximum atomic E-state index is 12.6. The molecule has 1 fully saturated rings. The maximum Gasteiger partial charge on any atom is 0.266 e. The van der Waals surface area contributed by atoms with Gasteiger partial charge in [-0.25, -0.2) is 0 Å². The first-order chi connectivity index (χ1) is 13.4. The van der Waals surface area contributed by atoms with Gasteiger partial charge in [0.15, 0.2) is 0 Å². The largest absolute Gasteiger partial charge is 0.325 e. The molecule has 3 rings (SSSR count). The molecule has 0 atom stereocenters. The third-order valence-electron chi connectivity index (χ3n) is 4.18. The zero-order valence-electron chi connectivity index (χ0n) is 15.3. The Balaban J connectivity index is 1.54. The Morgan fingerprint density at radius 1 is 1.21 bits per heavy atom. The van der Waals surface area contributed by atoms with Crippen LogP contribution in [0.15, 0.2) is 53.4 Å². The molecule has 2 amide bonds. The fourth-order valence-electron chi connectivity index (χ4n) is 2.68. The predicted molar refractivity (Wildman–Crippen MR) is 120 cm³/mol. The number of carbonyl (C=O) groups excluding carboxylic acids is 2. The van der Waals surface area contributed by atoms with E-state index < -0.39 is 0 Å². The molecular weight excluding hydrogens is 412 g/mol. The normalized spacial score (nSPS) is 15.4. The fraction of sp³-hybridized carbons (Fsp3) is 0.190. The van der Waals surface area contributed by atoms with E-state index >= 15 is 0 Å². The van der Waals surface area contributed by atoms with Gasteiger partial charge < -0.3 is 5.32 Å². The van der Waals surface area contributed by atoms with Crippen LogP contribution >= 0.6 is 35.6 Å². The number of carbonyl (C=O) groups is 2. The number of hydrogen-bond acceptors (Lipinski definition) is 4. The Morgan fingerprint density at radius 3 is 2.64 bits per heavy atom. The van der Waals surface area contributed by atoms with Gasteiger partial charge in [0.1, 0.15) is 4.32 Å². The number of nitrogens with zero attached hydrogens (tertiary/aromatic N) is 1. The van der Waals surface area contributed by atoms with Crippen molar-refractivity contribution in [3.8, 4) is 0 Å². The number of thiocarbonyl (C=S) groups is 1. The first-order valence-corrected chi connectivity index (χ1v) is 10.4. The van der Waals surface area contributed by atoms with Gasteiger partial charge in [-0.3, -0.25) is 14.5 Å². The number of amides is 2. The summed E-state index contributed by atoms with van der Waals surface area (Å²) in [7, 11) is 0. The smallest absolute Gasteiger partial charge is 0.266 e. The molecule has 0 radical (unpaired) electrons. The third-order valence-corrected chi connectivity index (χ3v) is 5.89. The van der Waals surface area contributed by atoms with Crippen LogP contribution in [0.5, 0.6) is 0 Å². The highest BCUT2D eigenvalue weighted by molar-refractivity contribution is 8.26. The van der Waals surface area contributed by atoms with E-state index in [-0.39, 0.29) is 18.2 Å². The van der Waals surface area contributed by atoms with E-state index in [1.54, 1.807) is 23.1 Å². The second-order valence-electron chi connectivity index (χ2n) is 6.38. The Bertz CT molecular complexity index is 942. The average molecular weight is 431 g/mol. The monoisotopic (exact) mass is 430 g/mol. The van der Waals surface area contributed by atoms with Crippen molar-refractivity contribution in [3.05, 3.63) is 69.6 Å². The van der Waals surface area contributed by atoms with Crippen LogP contribution in [0.1, 0.15) is 24.0 Å². The minimum atomic E-state index is -0.145. The first-order valence-electron chi connectivity index (χ1n) is 8.80. The molecule has 1 aliphatic heterocycles. The number of benzene rings is 2. The van der Waals surface area contributed by atoms with Gasteiger partial charge in [-0.2, -0.15) is 0 Å². The molecule has 0 unspecified atom stereocenters. The van der Waals surface area contributed by atoms with Gasteiger partial charge in [0.2, 0.25) is 5.91 Å². The summed E-state index contributed by atoms with van der Waals surface area (Å²) in [6.07, 6.45) is 2.64. The Labute approximate surface area is 178 Å². The van der Waals surface area contributed by atoms with Crippen LogP contribution in [0.4, 0.5) is 5.69 Å². The van der Waals surface area contributed by atoms with Crippen molar-refractivity contribution < 1.29 is 9.59 Å². The summed E-state index contributed by atoms with van der Waals surface area (Å²) >= 11 is 12.7. The zero-order chi connectivity index (χ0) is 20.1. The fourth-order valence-corrected chi connectivity index (χ4v) is 4.17. The maximum absolute atomic E-state index is 12.6. The van der Waals surface area contributed by atoms with E-state index in [2.05, 4.69) is 5.32 Å². The van der Waals surface area contributed by atoms with E-state index in [1.807, 2.05) is 43.3 Å². The topological polar surface area (TPSA) is 49.4 Å². The molecule has 0 spiro atoms. The average Bonchev–Trinajstić information content (AvgIpc) is 2.93. The SMILES string of the molecule is Cc1ccc(/C=C2\SC(=S)N(CCCC(=O)Nc3ccccc3Cl)C2=O)cc1. The van der Waals surface area contributed by atoms with Crippen molar-refractivity contribution in [2.24, 2.45) is 0 Å². The highest BCUT2D eigenvalue weighted by atomic mass is 35.5. The second-order valence-corrected chi connectivity index (χ2v) is 8.46. The van der Waals surface area contributed by atoms with Crippen LogP contribution in [0.25, 0.3) is 6.08 Å². The predicted octanol–water partition coefficient (Wildman–Crippen LogP) is 5.27. The van der Waals surface area contributed by atoms with Crippen LogP contribution in [0.2, 0.25) is 5.02 Å². The number of hydrogen-bond donors (Lipinski definition) is 1. The summed E-state index contributed by atoms with van der Waals surface area (Å²) in [5.41, 5.74) is 2.71. The van der Waals surface area contributed by atoms with Crippen LogP contribution in [0, 0.1) is 6.92 Å². The third kappa shape index (κ3) is 5.22. The van der Waals surface area contributed by atoms with Gasteiger partial charge in [0.05, 0.1) is 15.6 Å². The molecule has 1 N–H and O–H groups in total. The Hall–Kier alpha value is -2.15. The minimum Gasteiger partial charge on any atom is -0.325 e. The van der Waals surface area contributed by atoms with Gasteiger partial charge in [0, 0.05) is 13.0 Å². The molecule has 2 aromatic rings. The van der Waals surface area contributed by atoms with E-state index in [1.165, 1.54) is 17.3 Å². The molecule has 4 nitrogen and oxygen atoms in total. The summed E-state index contributed by atoms with van der Waals surface area (Å²) in [4.78, 5) is 26.9. The molecule has 1 aliphatic rings. The molecule has 0 aliphatic carbocycles. The lowest BCUT2D eigenvalue weighted by Gasteiger charge is -2.14. The van der Waals surface area contributed by atoms with Crippen molar-refractivity contribution in [1.82, 2.24) is 4.90 Å². The quantitative estimate of drug-likeness (QED) is 0.501. The van der Waals surface area contributed by atoms with Gasteiger partial charge in [-0.05, 0) is 37.1 Å². The van der Waals surface area contributed by atoms with Crippen LogP contribution in [-0.2, 0) is 9.59 Å². The summed E-state index contributed by atoms with van der Waals surface area (Å²) in [5.74, 6) is -0.254. The highest BCUT2D eigenvalue weighted by Crippen LogP contribution is 2.32. The minimum absolute atomic E-state index is 0.109. The zero-order valence-corrected chi connectivity index (χ0v) is 17.7. The molecule has 28 heavy (non-hydrogen) atoms. The highest BCUT2D eigenvalue weighted by Gasteiger charge is 2.31. The van der Waals surface area contributed by atoms with E-state index in [9.17, 15) is 9.59 Å². The lowest BCUT2D eigenvalue weighted by atomic mass is 10.1. The van der Waals surface area contributed by atoms with Crippen molar-refractivity contribution in [3.63, 3.8) is 0 Å². The summed E-state index contributed by atoms with van der Waals surface area (Å²) in [6.45, 7) is 2.43.